The van der Waals surface area contributed by atoms with Gasteiger partial charge in [-0.25, -0.2) is 0 Å². The molecule has 0 N–H and O–H groups in total. The largest absolute Gasteiger partial charge is 0.291 e. The standard InChI is InChI=1S/C12H15O/c1-2-6-12(10-13)9-11-7-4-3-5-8-11/h3-5,7-8,12H,2,6,9H2,1H3. The lowest BCUT2D eigenvalue weighted by Crippen LogP contribution is -2.05. The molecule has 1 rings (SSSR count). The zero-order chi connectivity index (χ0) is 9.52. The number of carbonyl (C=O) groups excluding carboxylic acids is 1. The van der Waals surface area contributed by atoms with Gasteiger partial charge in [-0.05, 0) is 18.4 Å². The van der Waals surface area contributed by atoms with Crippen LogP contribution in [-0.2, 0) is 11.2 Å². The molecule has 0 saturated heterocycles. The van der Waals surface area contributed by atoms with Crippen LogP contribution in [0.4, 0.5) is 0 Å². The van der Waals surface area contributed by atoms with E-state index in [1.807, 2.05) is 18.2 Å². The SMILES string of the molecule is CCCC([C]=O)Cc1ccccc1. The third-order valence-electron chi connectivity index (χ3n) is 2.13. The molecule has 0 fully saturated rings. The molecule has 0 saturated carbocycles. The van der Waals surface area contributed by atoms with Crippen molar-refractivity contribution >= 4 is 6.29 Å². The van der Waals surface area contributed by atoms with Crippen molar-refractivity contribution in [3.8, 4) is 0 Å². The fourth-order valence-corrected chi connectivity index (χ4v) is 1.45. The van der Waals surface area contributed by atoms with E-state index in [1.165, 1.54) is 5.56 Å². The van der Waals surface area contributed by atoms with E-state index in [4.69, 9.17) is 0 Å². The first kappa shape index (κ1) is 9.97. The van der Waals surface area contributed by atoms with E-state index in [-0.39, 0.29) is 5.92 Å². The van der Waals surface area contributed by atoms with Crippen LogP contribution in [0, 0.1) is 5.92 Å². The fraction of sp³-hybridized carbons (Fsp3) is 0.417. The molecule has 1 nitrogen and oxygen atoms in total. The molecule has 0 aliphatic heterocycles. The van der Waals surface area contributed by atoms with Crippen LogP contribution in [0.1, 0.15) is 25.3 Å². The Morgan fingerprint density at radius 1 is 1.31 bits per heavy atom. The van der Waals surface area contributed by atoms with E-state index in [2.05, 4.69) is 25.3 Å². The summed E-state index contributed by atoms with van der Waals surface area (Å²) in [6.45, 7) is 2.09. The van der Waals surface area contributed by atoms with Gasteiger partial charge in [0.05, 0.1) is 0 Å². The monoisotopic (exact) mass is 175 g/mol. The molecule has 0 aromatic heterocycles. The van der Waals surface area contributed by atoms with Gasteiger partial charge in [0.2, 0.25) is 6.29 Å². The number of hydrogen-bond donors (Lipinski definition) is 0. The van der Waals surface area contributed by atoms with Gasteiger partial charge in [-0.2, -0.15) is 0 Å². The first-order valence-electron chi connectivity index (χ1n) is 4.78. The quantitative estimate of drug-likeness (QED) is 0.672. The molecule has 1 unspecified atom stereocenters. The van der Waals surface area contributed by atoms with Gasteiger partial charge in [0, 0.05) is 5.92 Å². The summed E-state index contributed by atoms with van der Waals surface area (Å²) in [5.74, 6) is 0.0763. The molecular formula is C12H15O. The van der Waals surface area contributed by atoms with Crippen molar-refractivity contribution in [3.05, 3.63) is 35.9 Å². The van der Waals surface area contributed by atoms with E-state index in [9.17, 15) is 4.79 Å². The average Bonchev–Trinajstić information content (AvgIpc) is 2.19. The molecule has 1 heteroatoms. The van der Waals surface area contributed by atoms with Crippen LogP contribution in [-0.4, -0.2) is 6.29 Å². The molecule has 69 valence electrons. The van der Waals surface area contributed by atoms with Crippen LogP contribution in [0.15, 0.2) is 30.3 Å². The van der Waals surface area contributed by atoms with Crippen molar-refractivity contribution in [1.29, 1.82) is 0 Å². The Morgan fingerprint density at radius 3 is 2.54 bits per heavy atom. The lowest BCUT2D eigenvalue weighted by molar-refractivity contribution is 0.501. The highest BCUT2D eigenvalue weighted by atomic mass is 16.1. The smallest absolute Gasteiger partial charge is 0.202 e. The molecule has 0 amide bonds. The molecule has 1 atom stereocenters. The van der Waals surface area contributed by atoms with Gasteiger partial charge in [0.15, 0.2) is 0 Å². The minimum atomic E-state index is 0.0763. The summed E-state index contributed by atoms with van der Waals surface area (Å²) in [4.78, 5) is 10.6. The predicted molar refractivity (Wildman–Crippen MR) is 54.2 cm³/mol. The Balaban J connectivity index is 2.51. The summed E-state index contributed by atoms with van der Waals surface area (Å²) >= 11 is 0. The van der Waals surface area contributed by atoms with E-state index >= 15 is 0 Å². The van der Waals surface area contributed by atoms with Crippen molar-refractivity contribution in [2.45, 2.75) is 26.2 Å². The predicted octanol–water partition coefficient (Wildman–Crippen LogP) is 2.76. The van der Waals surface area contributed by atoms with E-state index in [0.717, 1.165) is 19.3 Å². The normalized spacial score (nSPS) is 12.4. The fourth-order valence-electron chi connectivity index (χ4n) is 1.45. The third-order valence-corrected chi connectivity index (χ3v) is 2.13. The summed E-state index contributed by atoms with van der Waals surface area (Å²) < 4.78 is 0. The second-order valence-electron chi connectivity index (χ2n) is 3.29. The van der Waals surface area contributed by atoms with E-state index in [1.54, 1.807) is 0 Å². The molecule has 0 bridgehead atoms. The molecule has 1 aromatic carbocycles. The maximum Gasteiger partial charge on any atom is 0.202 e. The molecular weight excluding hydrogens is 160 g/mol. The van der Waals surface area contributed by atoms with Gasteiger partial charge in [-0.15, -0.1) is 0 Å². The summed E-state index contributed by atoms with van der Waals surface area (Å²) in [6.07, 6.45) is 4.92. The Morgan fingerprint density at radius 2 is 2.00 bits per heavy atom. The molecule has 0 aliphatic rings. The van der Waals surface area contributed by atoms with Crippen LogP contribution in [0.5, 0.6) is 0 Å². The molecule has 1 aromatic rings. The number of rotatable bonds is 5. The highest BCUT2D eigenvalue weighted by molar-refractivity contribution is 5.55. The van der Waals surface area contributed by atoms with Gasteiger partial charge in [-0.1, -0.05) is 43.7 Å². The first-order chi connectivity index (χ1) is 6.36. The second kappa shape index (κ2) is 5.52. The molecule has 1 radical (unpaired) electrons. The third kappa shape index (κ3) is 3.41. The highest BCUT2D eigenvalue weighted by Crippen LogP contribution is 2.11. The van der Waals surface area contributed by atoms with Crippen molar-refractivity contribution < 1.29 is 4.79 Å². The van der Waals surface area contributed by atoms with Crippen LogP contribution >= 0.6 is 0 Å². The topological polar surface area (TPSA) is 17.1 Å². The van der Waals surface area contributed by atoms with Gasteiger partial charge in [-0.3, -0.25) is 4.79 Å². The van der Waals surface area contributed by atoms with E-state index < -0.39 is 0 Å². The highest BCUT2D eigenvalue weighted by Gasteiger charge is 2.07. The van der Waals surface area contributed by atoms with Crippen molar-refractivity contribution in [2.24, 2.45) is 5.92 Å². The Labute approximate surface area is 79.8 Å². The molecule has 0 aliphatic carbocycles. The lowest BCUT2D eigenvalue weighted by Gasteiger charge is -2.06. The maximum absolute atomic E-state index is 10.6. The first-order valence-corrected chi connectivity index (χ1v) is 4.78. The Hall–Kier alpha value is -1.11. The van der Waals surface area contributed by atoms with Crippen molar-refractivity contribution in [2.75, 3.05) is 0 Å². The van der Waals surface area contributed by atoms with Gasteiger partial charge < -0.3 is 0 Å². The van der Waals surface area contributed by atoms with Crippen LogP contribution < -0.4 is 0 Å². The summed E-state index contributed by atoms with van der Waals surface area (Å²) in [5, 5.41) is 0. The zero-order valence-corrected chi connectivity index (χ0v) is 7.99. The van der Waals surface area contributed by atoms with Crippen LogP contribution in [0.2, 0.25) is 0 Å². The molecule has 0 spiro atoms. The van der Waals surface area contributed by atoms with Crippen LogP contribution in [0.3, 0.4) is 0 Å². The second-order valence-corrected chi connectivity index (χ2v) is 3.29. The molecule has 0 heterocycles. The van der Waals surface area contributed by atoms with Crippen LogP contribution in [0.25, 0.3) is 0 Å². The maximum atomic E-state index is 10.6. The summed E-state index contributed by atoms with van der Waals surface area (Å²) in [5.41, 5.74) is 1.23. The van der Waals surface area contributed by atoms with Crippen molar-refractivity contribution in [1.82, 2.24) is 0 Å². The number of hydrogen-bond acceptors (Lipinski definition) is 1. The minimum Gasteiger partial charge on any atom is -0.291 e. The number of benzene rings is 1. The van der Waals surface area contributed by atoms with E-state index in [0.29, 0.717) is 0 Å². The van der Waals surface area contributed by atoms with Gasteiger partial charge >= 0.3 is 0 Å². The lowest BCUT2D eigenvalue weighted by atomic mass is 9.97. The average molecular weight is 175 g/mol. The Kier molecular flexibility index (Phi) is 4.24. The summed E-state index contributed by atoms with van der Waals surface area (Å²) in [7, 11) is 0. The minimum absolute atomic E-state index is 0.0763. The van der Waals surface area contributed by atoms with Gasteiger partial charge in [0.25, 0.3) is 0 Å². The molecule has 13 heavy (non-hydrogen) atoms. The Bertz CT molecular complexity index is 241. The van der Waals surface area contributed by atoms with Gasteiger partial charge in [0.1, 0.15) is 0 Å². The zero-order valence-electron chi connectivity index (χ0n) is 7.99. The van der Waals surface area contributed by atoms with Crippen molar-refractivity contribution in [3.63, 3.8) is 0 Å². The summed E-state index contributed by atoms with van der Waals surface area (Å²) in [6, 6.07) is 10.1.